The molecule has 242 valence electrons. The van der Waals surface area contributed by atoms with Crippen LogP contribution in [0.25, 0.3) is 0 Å². The topological polar surface area (TPSA) is 8.81 Å². The highest BCUT2D eigenvalue weighted by Gasteiger charge is 2.16. The van der Waals surface area contributed by atoms with Crippen LogP contribution in [0.3, 0.4) is 0 Å². The van der Waals surface area contributed by atoms with Crippen molar-refractivity contribution in [2.75, 3.05) is 0 Å². The van der Waals surface area contributed by atoms with Gasteiger partial charge in [-0.3, -0.25) is 0 Å². The first-order valence-corrected chi connectivity index (χ1v) is 19.4. The summed E-state index contributed by atoms with van der Waals surface area (Å²) in [5.74, 6) is 1.62. The summed E-state index contributed by atoms with van der Waals surface area (Å²) >= 11 is 0. The number of aromatic nitrogens is 2. The predicted molar refractivity (Wildman–Crippen MR) is 184 cm³/mol. The number of imidazole rings is 1. The zero-order valence-corrected chi connectivity index (χ0v) is 28.9. The zero-order chi connectivity index (χ0) is 29.5. The van der Waals surface area contributed by atoms with Crippen LogP contribution in [0.15, 0.2) is 12.4 Å². The Morgan fingerprint density at radius 3 is 1.17 bits per heavy atom. The van der Waals surface area contributed by atoms with Crippen LogP contribution < -0.4 is 4.57 Å². The van der Waals surface area contributed by atoms with E-state index in [2.05, 4.69) is 42.3 Å². The van der Waals surface area contributed by atoms with Crippen LogP contribution in [0.5, 0.6) is 0 Å². The molecule has 1 aromatic rings. The van der Waals surface area contributed by atoms with Gasteiger partial charge in [0.1, 0.15) is 12.4 Å². The van der Waals surface area contributed by atoms with Crippen molar-refractivity contribution in [2.45, 2.75) is 233 Å². The number of hydrogen-bond acceptors (Lipinski definition) is 0. The van der Waals surface area contributed by atoms with Crippen LogP contribution in [0, 0.1) is 0 Å². The molecule has 0 spiro atoms. The van der Waals surface area contributed by atoms with Crippen molar-refractivity contribution in [3.05, 3.63) is 18.2 Å². The molecule has 1 aromatic heterocycles. The van der Waals surface area contributed by atoms with Crippen molar-refractivity contribution in [1.82, 2.24) is 4.57 Å². The van der Waals surface area contributed by atoms with Crippen molar-refractivity contribution in [3.63, 3.8) is 0 Å². The van der Waals surface area contributed by atoms with E-state index < -0.39 is 0 Å². The monoisotopic (exact) mass is 574 g/mol. The van der Waals surface area contributed by atoms with Crippen LogP contribution in [0.1, 0.15) is 219 Å². The Balaban J connectivity index is 2.25. The van der Waals surface area contributed by atoms with Gasteiger partial charge in [0.2, 0.25) is 0 Å². The second kappa shape index (κ2) is 30.7. The van der Waals surface area contributed by atoms with Crippen molar-refractivity contribution in [2.24, 2.45) is 0 Å². The van der Waals surface area contributed by atoms with Gasteiger partial charge in [0.15, 0.2) is 0 Å². The quantitative estimate of drug-likeness (QED) is 0.0584. The molecule has 0 aromatic carbocycles. The number of hydrogen-bond donors (Lipinski definition) is 0. The second-order valence-corrected chi connectivity index (χ2v) is 13.4. The lowest BCUT2D eigenvalue weighted by Crippen LogP contribution is -2.37. The molecule has 0 fully saturated rings. The normalized spacial score (nSPS) is 11.6. The minimum Gasteiger partial charge on any atom is -0.234 e. The van der Waals surface area contributed by atoms with Crippen LogP contribution in [0.2, 0.25) is 0 Å². The molecule has 0 saturated heterocycles. The third kappa shape index (κ3) is 23.4. The number of rotatable bonds is 33. The molecule has 2 heteroatoms. The number of aryl methyl sites for hydroxylation is 2. The molecule has 0 aliphatic heterocycles. The Labute approximate surface area is 259 Å². The summed E-state index contributed by atoms with van der Waals surface area (Å²) in [5.41, 5.74) is 0. The summed E-state index contributed by atoms with van der Waals surface area (Å²) in [6.45, 7) is 9.40. The van der Waals surface area contributed by atoms with E-state index in [9.17, 15) is 0 Å². The van der Waals surface area contributed by atoms with Gasteiger partial charge in [-0.2, -0.15) is 0 Å². The number of unbranched alkanes of at least 4 members (excludes halogenated alkanes) is 27. The first-order chi connectivity index (χ1) is 20.3. The maximum absolute atomic E-state index is 2.63. The highest BCUT2D eigenvalue weighted by atomic mass is 15.1. The molecular formula is C39H77N2+. The molecule has 41 heavy (non-hydrogen) atoms. The fourth-order valence-corrected chi connectivity index (χ4v) is 6.50. The lowest BCUT2D eigenvalue weighted by atomic mass is 10.1. The molecule has 0 saturated carbocycles. The van der Waals surface area contributed by atoms with Crippen molar-refractivity contribution in [3.8, 4) is 0 Å². The SMILES string of the molecule is CCCCCCCCCCCCCCn1cc[n+](CCCCCCCCCCCCCC)c1CCCCCCCC. The Hall–Kier alpha value is -0.790. The van der Waals surface area contributed by atoms with Gasteiger partial charge < -0.3 is 0 Å². The van der Waals surface area contributed by atoms with Crippen LogP contribution in [0.4, 0.5) is 0 Å². The highest BCUT2D eigenvalue weighted by molar-refractivity contribution is 4.84. The summed E-state index contributed by atoms with van der Waals surface area (Å²) in [5, 5.41) is 0. The maximum Gasteiger partial charge on any atom is 0.256 e. The van der Waals surface area contributed by atoms with Crippen molar-refractivity contribution >= 4 is 0 Å². The molecular weight excluding hydrogens is 496 g/mol. The molecule has 0 aliphatic rings. The third-order valence-corrected chi connectivity index (χ3v) is 9.35. The van der Waals surface area contributed by atoms with Gasteiger partial charge in [0.25, 0.3) is 5.82 Å². The molecule has 0 aliphatic carbocycles. The van der Waals surface area contributed by atoms with Crippen LogP contribution in [-0.4, -0.2) is 4.57 Å². The second-order valence-electron chi connectivity index (χ2n) is 13.4. The van der Waals surface area contributed by atoms with Gasteiger partial charge >= 0.3 is 0 Å². The molecule has 0 radical (unpaired) electrons. The van der Waals surface area contributed by atoms with E-state index in [1.165, 1.54) is 212 Å². The van der Waals surface area contributed by atoms with Gasteiger partial charge in [-0.1, -0.05) is 181 Å². The number of nitrogens with zero attached hydrogens (tertiary/aromatic N) is 2. The van der Waals surface area contributed by atoms with Crippen LogP contribution in [-0.2, 0) is 19.5 Å². The van der Waals surface area contributed by atoms with E-state index in [0.29, 0.717) is 0 Å². The summed E-state index contributed by atoms with van der Waals surface area (Å²) in [4.78, 5) is 0. The molecule has 0 bridgehead atoms. The Bertz CT molecular complexity index is 588. The fourth-order valence-electron chi connectivity index (χ4n) is 6.50. The predicted octanol–water partition coefficient (Wildman–Crippen LogP) is 13.1. The van der Waals surface area contributed by atoms with Crippen molar-refractivity contribution in [1.29, 1.82) is 0 Å². The average molecular weight is 574 g/mol. The zero-order valence-electron chi connectivity index (χ0n) is 28.9. The van der Waals surface area contributed by atoms with Gasteiger partial charge in [-0.05, 0) is 32.1 Å². The van der Waals surface area contributed by atoms with Gasteiger partial charge in [0.05, 0.1) is 13.1 Å². The lowest BCUT2D eigenvalue weighted by molar-refractivity contribution is -0.704. The first-order valence-electron chi connectivity index (χ1n) is 19.4. The van der Waals surface area contributed by atoms with Gasteiger partial charge in [0, 0.05) is 6.42 Å². The third-order valence-electron chi connectivity index (χ3n) is 9.35. The van der Waals surface area contributed by atoms with E-state index in [1.807, 2.05) is 0 Å². The van der Waals surface area contributed by atoms with E-state index in [1.54, 1.807) is 5.82 Å². The Morgan fingerprint density at radius 1 is 0.415 bits per heavy atom. The van der Waals surface area contributed by atoms with E-state index in [0.717, 1.165) is 0 Å². The largest absolute Gasteiger partial charge is 0.256 e. The van der Waals surface area contributed by atoms with Gasteiger partial charge in [-0.15, -0.1) is 0 Å². The standard InChI is InChI=1S/C39H77N2/c1-4-7-10-13-16-18-20-22-24-26-29-32-35-40-37-38-41(39(40)34-31-28-15-12-9-6-3)36-33-30-27-25-23-21-19-17-14-11-8-5-2/h37-38H,4-36H2,1-3H3/q+1. The molecule has 0 unspecified atom stereocenters. The first kappa shape index (κ1) is 38.2. The maximum atomic E-state index is 2.63. The Kier molecular flexibility index (Phi) is 28.6. The minimum atomic E-state index is 1.23. The lowest BCUT2D eigenvalue weighted by Gasteiger charge is -2.07. The summed E-state index contributed by atoms with van der Waals surface area (Å²) in [7, 11) is 0. The van der Waals surface area contributed by atoms with E-state index in [4.69, 9.17) is 0 Å². The summed E-state index contributed by atoms with van der Waals surface area (Å²) in [6.07, 6.45) is 48.9. The Morgan fingerprint density at radius 2 is 0.756 bits per heavy atom. The van der Waals surface area contributed by atoms with E-state index in [-0.39, 0.29) is 0 Å². The van der Waals surface area contributed by atoms with E-state index >= 15 is 0 Å². The average Bonchev–Trinajstić information content (AvgIpc) is 3.37. The summed E-state index contributed by atoms with van der Waals surface area (Å²) < 4.78 is 5.26. The minimum absolute atomic E-state index is 1.23. The molecule has 1 heterocycles. The smallest absolute Gasteiger partial charge is 0.234 e. The molecule has 0 atom stereocenters. The molecule has 2 nitrogen and oxygen atoms in total. The van der Waals surface area contributed by atoms with Gasteiger partial charge in [-0.25, -0.2) is 9.13 Å². The fraction of sp³-hybridized carbons (Fsp3) is 0.923. The molecule has 0 N–H and O–H groups in total. The molecule has 1 rings (SSSR count). The highest BCUT2D eigenvalue weighted by Crippen LogP contribution is 2.15. The van der Waals surface area contributed by atoms with Crippen LogP contribution >= 0.6 is 0 Å². The molecule has 0 amide bonds. The summed E-state index contributed by atoms with van der Waals surface area (Å²) in [6, 6.07) is 0. The van der Waals surface area contributed by atoms with Crippen molar-refractivity contribution < 1.29 is 4.57 Å².